The lowest BCUT2D eigenvalue weighted by Crippen LogP contribution is -2.34. The molecule has 1 aliphatic heterocycles. The van der Waals surface area contributed by atoms with Crippen molar-refractivity contribution in [1.29, 1.82) is 0 Å². The Hall–Kier alpha value is -1.82. The zero-order valence-electron chi connectivity index (χ0n) is 11.5. The van der Waals surface area contributed by atoms with E-state index in [1.807, 2.05) is 0 Å². The molecule has 0 spiro atoms. The Morgan fingerprint density at radius 1 is 1.12 bits per heavy atom. The van der Waals surface area contributed by atoms with Gasteiger partial charge in [-0.2, -0.15) is 17.5 Å². The molecule has 24 heavy (non-hydrogen) atoms. The molecule has 1 aromatic carbocycles. The van der Waals surface area contributed by atoms with Gasteiger partial charge in [0.05, 0.1) is 11.8 Å². The van der Waals surface area contributed by atoms with Gasteiger partial charge >= 0.3 is 12.1 Å². The number of rotatable bonds is 3. The van der Waals surface area contributed by atoms with Crippen LogP contribution >= 0.6 is 0 Å². The first-order valence-corrected chi connectivity index (χ1v) is 7.74. The Morgan fingerprint density at radius 2 is 1.62 bits per heavy atom. The number of nitrogens with zero attached hydrogens (tertiary/aromatic N) is 1. The van der Waals surface area contributed by atoms with Crippen LogP contribution in [0.2, 0.25) is 0 Å². The summed E-state index contributed by atoms with van der Waals surface area (Å²) in [5, 5.41) is 8.83. The van der Waals surface area contributed by atoms with Gasteiger partial charge in [0.1, 0.15) is 17.5 Å². The Balaban J connectivity index is 2.47. The topological polar surface area (TPSA) is 74.7 Å². The van der Waals surface area contributed by atoms with E-state index in [9.17, 15) is 39.6 Å². The van der Waals surface area contributed by atoms with E-state index in [2.05, 4.69) is 0 Å². The third-order valence-electron chi connectivity index (χ3n) is 3.58. The molecule has 0 bridgehead atoms. The molecule has 0 unspecified atom stereocenters. The van der Waals surface area contributed by atoms with Gasteiger partial charge in [0.25, 0.3) is 0 Å². The van der Waals surface area contributed by atoms with Gasteiger partial charge in [0, 0.05) is 25.2 Å². The summed E-state index contributed by atoms with van der Waals surface area (Å²) in [7, 11) is -5.12. The second-order valence-electron chi connectivity index (χ2n) is 5.11. The first kappa shape index (κ1) is 18.5. The summed E-state index contributed by atoms with van der Waals surface area (Å²) in [5.41, 5.74) is 0. The molecule has 134 valence electrons. The largest absolute Gasteiger partial charge is 0.481 e. The second-order valence-corrected chi connectivity index (χ2v) is 6.99. The van der Waals surface area contributed by atoms with Gasteiger partial charge in [-0.3, -0.25) is 4.79 Å². The maximum absolute atomic E-state index is 13.6. The fraction of sp³-hybridized carbons (Fsp3) is 0.417. The average molecular weight is 377 g/mol. The molecule has 0 aromatic heterocycles. The normalized spacial score (nSPS) is 22.8. The molecule has 2 rings (SSSR count). The number of carboxylic acid groups (broad SMARTS) is 1. The van der Waals surface area contributed by atoms with Crippen LogP contribution in [0.4, 0.5) is 26.3 Å². The highest BCUT2D eigenvalue weighted by atomic mass is 32.2. The number of carboxylic acids is 1. The molecule has 0 aliphatic carbocycles. The minimum absolute atomic E-state index is 0.0311. The molecule has 1 N–H and O–H groups in total. The number of alkyl halides is 3. The van der Waals surface area contributed by atoms with E-state index in [1.165, 1.54) is 0 Å². The minimum Gasteiger partial charge on any atom is -0.481 e. The molecule has 1 aliphatic rings. The van der Waals surface area contributed by atoms with E-state index in [4.69, 9.17) is 5.11 Å². The van der Waals surface area contributed by atoms with Crippen LogP contribution in [-0.4, -0.2) is 43.1 Å². The summed E-state index contributed by atoms with van der Waals surface area (Å²) >= 11 is 0. The van der Waals surface area contributed by atoms with E-state index < -0.39 is 69.4 Å². The standard InChI is InChI=1S/C12H9F6NO4S/c13-5-1-8(14)10(9(15)2-5)24(22,23)19-3-6(11(20)21)7(4-19)12(16,17)18/h1-2,6-7H,3-4H2,(H,20,21)/t6-,7-/m1/s1. The lowest BCUT2D eigenvalue weighted by Gasteiger charge is -2.18. The molecule has 12 heteroatoms. The van der Waals surface area contributed by atoms with E-state index in [-0.39, 0.29) is 16.4 Å². The van der Waals surface area contributed by atoms with E-state index in [1.54, 1.807) is 0 Å². The SMILES string of the molecule is O=C(O)[C@@H]1CN(S(=O)(=O)c2c(F)cc(F)cc2F)C[C@H]1C(F)(F)F. The summed E-state index contributed by atoms with van der Waals surface area (Å²) in [6.45, 7) is -2.42. The zero-order chi connectivity index (χ0) is 18.4. The van der Waals surface area contributed by atoms with E-state index >= 15 is 0 Å². The fourth-order valence-electron chi connectivity index (χ4n) is 2.45. The van der Waals surface area contributed by atoms with Crippen LogP contribution in [0.5, 0.6) is 0 Å². The molecular weight excluding hydrogens is 368 g/mol. The number of hydrogen-bond acceptors (Lipinski definition) is 3. The van der Waals surface area contributed by atoms with Crippen molar-refractivity contribution in [1.82, 2.24) is 4.31 Å². The van der Waals surface area contributed by atoms with Crippen LogP contribution < -0.4 is 0 Å². The smallest absolute Gasteiger partial charge is 0.393 e. The van der Waals surface area contributed by atoms with Crippen molar-refractivity contribution in [3.05, 3.63) is 29.6 Å². The number of halogens is 6. The molecule has 0 saturated carbocycles. The summed E-state index contributed by atoms with van der Waals surface area (Å²) in [5.74, 6) is -11.6. The first-order valence-electron chi connectivity index (χ1n) is 6.30. The Kier molecular flexibility index (Phi) is 4.57. The second kappa shape index (κ2) is 5.92. The summed E-state index contributed by atoms with van der Waals surface area (Å²) in [6, 6.07) is 0.115. The van der Waals surface area contributed by atoms with Gasteiger partial charge in [-0.1, -0.05) is 0 Å². The monoisotopic (exact) mass is 377 g/mol. The lowest BCUT2D eigenvalue weighted by atomic mass is 9.96. The Bertz CT molecular complexity index is 755. The summed E-state index contributed by atoms with van der Waals surface area (Å²) < 4.78 is 103. The maximum atomic E-state index is 13.6. The molecule has 2 atom stereocenters. The van der Waals surface area contributed by atoms with Gasteiger partial charge < -0.3 is 5.11 Å². The minimum atomic E-state index is -5.12. The van der Waals surface area contributed by atoms with Crippen molar-refractivity contribution >= 4 is 16.0 Å². The highest BCUT2D eigenvalue weighted by Gasteiger charge is 2.55. The van der Waals surface area contributed by atoms with Crippen molar-refractivity contribution in [2.45, 2.75) is 11.1 Å². The first-order chi connectivity index (χ1) is 10.9. The quantitative estimate of drug-likeness (QED) is 0.818. The van der Waals surface area contributed by atoms with Crippen molar-refractivity contribution < 1.29 is 44.7 Å². The van der Waals surface area contributed by atoms with Crippen molar-refractivity contribution in [3.63, 3.8) is 0 Å². The zero-order valence-corrected chi connectivity index (χ0v) is 12.3. The molecule has 0 amide bonds. The van der Waals surface area contributed by atoms with Crippen molar-refractivity contribution in [2.24, 2.45) is 11.8 Å². The highest BCUT2D eigenvalue weighted by Crippen LogP contribution is 2.40. The molecule has 1 fully saturated rings. The van der Waals surface area contributed by atoms with Crippen LogP contribution in [0.3, 0.4) is 0 Å². The average Bonchev–Trinajstić information content (AvgIpc) is 2.82. The van der Waals surface area contributed by atoms with Gasteiger partial charge in [-0.05, 0) is 0 Å². The molecule has 0 radical (unpaired) electrons. The van der Waals surface area contributed by atoms with E-state index in [0.717, 1.165) is 0 Å². The highest BCUT2D eigenvalue weighted by molar-refractivity contribution is 7.89. The van der Waals surface area contributed by atoms with Gasteiger partial charge in [0.15, 0.2) is 4.90 Å². The lowest BCUT2D eigenvalue weighted by molar-refractivity contribution is -0.187. The van der Waals surface area contributed by atoms with Gasteiger partial charge in [-0.25, -0.2) is 21.6 Å². The van der Waals surface area contributed by atoms with Crippen LogP contribution in [0.25, 0.3) is 0 Å². The fourth-order valence-corrected chi connectivity index (χ4v) is 4.03. The molecule has 1 heterocycles. The van der Waals surface area contributed by atoms with E-state index in [0.29, 0.717) is 0 Å². The molecule has 1 aromatic rings. The van der Waals surface area contributed by atoms with Crippen LogP contribution in [0, 0.1) is 29.3 Å². The number of aliphatic carboxylic acids is 1. The Labute approximate surface area is 131 Å². The number of hydrogen-bond donors (Lipinski definition) is 1. The van der Waals surface area contributed by atoms with Crippen molar-refractivity contribution in [3.8, 4) is 0 Å². The predicted octanol–water partition coefficient (Wildman–Crippen LogP) is 1.99. The predicted molar refractivity (Wildman–Crippen MR) is 65.7 cm³/mol. The summed E-state index contributed by atoms with van der Waals surface area (Å²) in [6.07, 6.45) is -5.02. The number of carbonyl (C=O) groups is 1. The van der Waals surface area contributed by atoms with Crippen LogP contribution in [0.15, 0.2) is 17.0 Å². The number of benzene rings is 1. The van der Waals surface area contributed by atoms with Gasteiger partial charge in [-0.15, -0.1) is 0 Å². The van der Waals surface area contributed by atoms with Crippen LogP contribution in [-0.2, 0) is 14.8 Å². The summed E-state index contributed by atoms with van der Waals surface area (Å²) in [4.78, 5) is 9.30. The Morgan fingerprint density at radius 3 is 2.00 bits per heavy atom. The molecule has 1 saturated heterocycles. The number of sulfonamides is 1. The molecular formula is C12H9F6NO4S. The third-order valence-corrected chi connectivity index (χ3v) is 5.47. The van der Waals surface area contributed by atoms with Crippen LogP contribution in [0.1, 0.15) is 0 Å². The molecule has 5 nitrogen and oxygen atoms in total. The third kappa shape index (κ3) is 3.20. The van der Waals surface area contributed by atoms with Crippen molar-refractivity contribution in [2.75, 3.05) is 13.1 Å². The maximum Gasteiger partial charge on any atom is 0.393 e. The van der Waals surface area contributed by atoms with Gasteiger partial charge in [0.2, 0.25) is 10.0 Å².